The molecule has 0 saturated carbocycles. The van der Waals surface area contributed by atoms with Crippen molar-refractivity contribution in [2.45, 2.75) is 225 Å². The van der Waals surface area contributed by atoms with Gasteiger partial charge in [0.1, 0.15) is 0 Å². The predicted molar refractivity (Wildman–Crippen MR) is 242 cm³/mol. The second-order valence-electron chi connectivity index (χ2n) is 22.9. The SMILES string of the molecule is FC(F)(F)CC[Si]12C[Si]3(CCC(F)(F)F)O[Si]4(CCC(F)(F)F)C[Si]5(CCC(F)(F)F)O[Si](CCC(F)(F)F)(C[Si](CCC(F)(F)F)(O1)O4)O[Si](CCC(F)(F)F)(C[Si](CCC(F)(F)C(F)(F)C(F)(F)C(F)(F)C(F)(F)C(F)(F)C(F)(F)C(F)(F)C(F)(F)C(F)(F)F)(O3)O5)O2. The van der Waals surface area contributed by atoms with Gasteiger partial charge in [-0.2, -0.15) is 184 Å². The molecule has 95 heavy (non-hydrogen) atoms. The van der Waals surface area contributed by atoms with E-state index in [1.54, 1.807) is 0 Å². The van der Waals surface area contributed by atoms with E-state index in [0.717, 1.165) is 0 Å². The molecule has 0 amide bonds. The molecule has 0 aromatic heterocycles. The van der Waals surface area contributed by atoms with Gasteiger partial charge in [-0.15, -0.1) is 0 Å². The van der Waals surface area contributed by atoms with E-state index in [-0.39, 0.29) is 0 Å². The highest BCUT2D eigenvalue weighted by Gasteiger charge is 2.98. The molecule has 8 unspecified atom stereocenters. The van der Waals surface area contributed by atoms with E-state index in [2.05, 4.69) is 0 Å². The lowest BCUT2D eigenvalue weighted by Gasteiger charge is -2.66. The lowest BCUT2D eigenvalue weighted by molar-refractivity contribution is -0.474. The van der Waals surface area contributed by atoms with Crippen molar-refractivity contribution in [1.82, 2.24) is 0 Å². The molecule has 6 heterocycles. The molecule has 562 valence electrons. The van der Waals surface area contributed by atoms with E-state index in [9.17, 15) is 149 Å². The highest BCUT2D eigenvalue weighted by atomic mass is 28.6. The summed E-state index contributed by atoms with van der Waals surface area (Å²) >= 11 is 0. The van der Waals surface area contributed by atoms with Gasteiger partial charge in [0.05, 0.1) is 0 Å². The van der Waals surface area contributed by atoms with Gasteiger partial charge in [-0.05, 0) is 48.4 Å². The van der Waals surface area contributed by atoms with Crippen LogP contribution in [0.4, 0.5) is 184 Å². The Bertz CT molecular complexity index is 2510. The zero-order valence-electron chi connectivity index (χ0n) is 45.8. The van der Waals surface area contributed by atoms with Gasteiger partial charge in [-0.3, -0.25) is 0 Å². The molecule has 0 spiro atoms. The van der Waals surface area contributed by atoms with Crippen molar-refractivity contribution in [3.8, 4) is 0 Å². The third kappa shape index (κ3) is 17.6. The highest BCUT2D eigenvalue weighted by molar-refractivity contribution is 7.13. The van der Waals surface area contributed by atoms with E-state index < -0.39 is 294 Å². The normalized spacial score (nSPS) is 31.1. The van der Waals surface area contributed by atoms with E-state index in [0.29, 0.717) is 0 Å². The third-order valence-corrected chi connectivity index (χ3v) is 64.2. The first-order valence-corrected chi connectivity index (χ1v) is 43.8. The Morgan fingerprint density at radius 3 is 0.432 bits per heavy atom. The molecule has 8 nitrogen and oxygen atoms in total. The van der Waals surface area contributed by atoms with Crippen LogP contribution >= 0.6 is 0 Å². The van der Waals surface area contributed by atoms with Crippen molar-refractivity contribution in [2.24, 2.45) is 0 Å². The molecular formula is C37H40F42O8Si8. The Morgan fingerprint density at radius 2 is 0.295 bits per heavy atom. The molecule has 58 heteroatoms. The molecule has 6 aliphatic rings. The minimum absolute atomic E-state index is 2.11. The van der Waals surface area contributed by atoms with Crippen LogP contribution in [-0.2, 0) is 32.9 Å². The van der Waals surface area contributed by atoms with Gasteiger partial charge in [-0.1, -0.05) is 0 Å². The maximum atomic E-state index is 16.4. The van der Waals surface area contributed by atoms with Crippen LogP contribution < -0.4 is 0 Å². The first-order chi connectivity index (χ1) is 41.4. The maximum absolute atomic E-state index is 16.4. The third-order valence-electron chi connectivity index (χ3n) is 15.1. The second kappa shape index (κ2) is 24.8. The number of hydrogen-bond donors (Lipinski definition) is 0. The fourth-order valence-corrected chi connectivity index (χ4v) is 82.7. The summed E-state index contributed by atoms with van der Waals surface area (Å²) in [6.45, 7) is 0. The van der Waals surface area contributed by atoms with Crippen LogP contribution in [0.1, 0.15) is 51.4 Å². The minimum Gasteiger partial charge on any atom is -0.415 e. The maximum Gasteiger partial charge on any atom is 0.460 e. The van der Waals surface area contributed by atoms with Crippen molar-refractivity contribution in [3.63, 3.8) is 0 Å². The molecule has 6 aliphatic heterocycles. The molecule has 0 N–H and O–H groups in total. The van der Waals surface area contributed by atoms with E-state index in [1.807, 2.05) is 0 Å². The van der Waals surface area contributed by atoms with Gasteiger partial charge in [0.2, 0.25) is 0 Å². The molecular weight excluding hydrogens is 1600 g/mol. The molecule has 0 aliphatic carbocycles. The first kappa shape index (κ1) is 84.1. The number of halogens is 42. The summed E-state index contributed by atoms with van der Waals surface area (Å²) in [5.41, 5.74) is -9.53. The van der Waals surface area contributed by atoms with Gasteiger partial charge in [-0.25, -0.2) is 0 Å². The zero-order valence-corrected chi connectivity index (χ0v) is 53.8. The Labute approximate surface area is 510 Å². The van der Waals surface area contributed by atoms with Crippen LogP contribution in [0.25, 0.3) is 0 Å². The summed E-state index contributed by atoms with van der Waals surface area (Å²) in [7, 11) is -54.2. The van der Waals surface area contributed by atoms with Gasteiger partial charge >= 0.3 is 171 Å². The number of alkyl halides is 42. The predicted octanol–water partition coefficient (Wildman–Crippen LogP) is 19.2. The summed E-state index contributed by atoms with van der Waals surface area (Å²) in [6.07, 6.45) is -72.4. The molecule has 0 aromatic rings. The standard InChI is InChI=1S/C37H40F42O8Si8/c38-21(39,29(61,62)30(63,64)31(65,66)32(67,68)33(69,70)34(71,72)35(73,74)36(75,76)37(77,78)79)1-9-88-17-89(10-2-22(40,41)42)82-92(13-5-25(49,50)51)18-90(80-88,11-3-23(43,44)45)84-93(14-6-26(52,53)54)19-91(81-88,12-4-24(46,47)48)85-94(83-89,15-7-27(55,56)57)20-95(86-92,87-93)16-8-28(58,59)60/h1-20H2. The summed E-state index contributed by atoms with van der Waals surface area (Å²) in [6, 6.07) is -19.2. The Morgan fingerprint density at radius 1 is 0.168 bits per heavy atom. The van der Waals surface area contributed by atoms with E-state index >= 15 is 35.1 Å². The lowest BCUT2D eigenvalue weighted by atomic mass is 9.86. The van der Waals surface area contributed by atoms with Gasteiger partial charge in [0, 0.05) is 74.0 Å². The highest BCUT2D eigenvalue weighted by Crippen LogP contribution is 2.68. The van der Waals surface area contributed by atoms with Crippen LogP contribution in [0.15, 0.2) is 0 Å². The summed E-state index contributed by atoms with van der Waals surface area (Å²) in [4.78, 5) is 0. The number of rotatable bonds is 25. The molecule has 6 rings (SSSR count). The molecule has 8 bridgehead atoms. The first-order valence-electron chi connectivity index (χ1n) is 25.9. The Hall–Kier alpha value is -1.52. The molecule has 0 radical (unpaired) electrons. The fraction of sp³-hybridized carbons (Fsp3) is 1.00. The summed E-state index contributed by atoms with van der Waals surface area (Å²) in [5.74, 6) is -83.7. The van der Waals surface area contributed by atoms with Crippen LogP contribution in [0.5, 0.6) is 0 Å². The summed E-state index contributed by atoms with van der Waals surface area (Å²) < 4.78 is 660. The molecule has 6 fully saturated rings. The monoisotopic (exact) mass is 1630 g/mol. The topological polar surface area (TPSA) is 73.8 Å². The van der Waals surface area contributed by atoms with Crippen LogP contribution in [0, 0.1) is 0 Å². The van der Waals surface area contributed by atoms with E-state index in [4.69, 9.17) is 32.9 Å². The second-order valence-corrected chi connectivity index (χ2v) is 53.7. The van der Waals surface area contributed by atoms with E-state index in [1.165, 1.54) is 0 Å². The molecule has 6 saturated heterocycles. The lowest BCUT2D eigenvalue weighted by Crippen LogP contribution is -2.85. The van der Waals surface area contributed by atoms with Gasteiger partial charge < -0.3 is 32.9 Å². The summed E-state index contributed by atoms with van der Waals surface area (Å²) in [5, 5.41) is 0. The van der Waals surface area contributed by atoms with Crippen molar-refractivity contribution in [3.05, 3.63) is 0 Å². The quantitative estimate of drug-likeness (QED) is 0.0661. The fourth-order valence-electron chi connectivity index (χ4n) is 11.0. The van der Waals surface area contributed by atoms with Crippen LogP contribution in [0.2, 0.25) is 71.0 Å². The van der Waals surface area contributed by atoms with Crippen molar-refractivity contribution in [1.29, 1.82) is 0 Å². The smallest absolute Gasteiger partial charge is 0.415 e. The average Bonchev–Trinajstić information content (AvgIpc) is 0.692. The Balaban J connectivity index is 1.98. The van der Waals surface area contributed by atoms with Crippen LogP contribution in [-0.4, -0.2) is 171 Å². The van der Waals surface area contributed by atoms with Crippen molar-refractivity contribution in [2.75, 3.05) is 0 Å². The zero-order chi connectivity index (χ0) is 74.3. The van der Waals surface area contributed by atoms with Crippen molar-refractivity contribution < 1.29 is 217 Å². The van der Waals surface area contributed by atoms with Crippen LogP contribution in [0.3, 0.4) is 0 Å². The Kier molecular flexibility index (Phi) is 22.0. The van der Waals surface area contributed by atoms with Crippen molar-refractivity contribution >= 4 is 68.5 Å². The molecule has 8 atom stereocenters. The average molecular weight is 1640 g/mol. The van der Waals surface area contributed by atoms with Gasteiger partial charge in [0.15, 0.2) is 0 Å². The largest absolute Gasteiger partial charge is 0.460 e. The number of hydrogen-bond acceptors (Lipinski definition) is 8. The minimum atomic E-state index is -9.82. The van der Waals surface area contributed by atoms with Gasteiger partial charge in [0.25, 0.3) is 0 Å². The molecule has 0 aromatic carbocycles.